The molecule has 1 aromatic carbocycles. The summed E-state index contributed by atoms with van der Waals surface area (Å²) in [5.74, 6) is -0.175. The van der Waals surface area contributed by atoms with Crippen molar-refractivity contribution in [2.24, 2.45) is 0 Å². The van der Waals surface area contributed by atoms with Gasteiger partial charge in [0.2, 0.25) is 5.91 Å². The fourth-order valence-corrected chi connectivity index (χ4v) is 1.73. The maximum Gasteiger partial charge on any atom is 0.247 e. The highest BCUT2D eigenvalue weighted by Crippen LogP contribution is 2.25. The van der Waals surface area contributed by atoms with Crippen molar-refractivity contribution >= 4 is 17.3 Å². The lowest BCUT2D eigenvalue weighted by molar-refractivity contribution is -0.111. The molecular formula is C12H14N2O. The van der Waals surface area contributed by atoms with Crippen molar-refractivity contribution in [2.45, 2.75) is 12.8 Å². The van der Waals surface area contributed by atoms with Crippen LogP contribution in [0.2, 0.25) is 0 Å². The Morgan fingerprint density at radius 1 is 1.53 bits per heavy atom. The number of anilines is 2. The van der Waals surface area contributed by atoms with Crippen molar-refractivity contribution in [2.75, 3.05) is 17.2 Å². The maximum absolute atomic E-state index is 11.1. The van der Waals surface area contributed by atoms with E-state index in [1.54, 1.807) is 0 Å². The SMILES string of the molecule is C=CC(=O)Nc1ccc2c(c1)NCCC2. The van der Waals surface area contributed by atoms with Crippen LogP contribution in [0, 0.1) is 0 Å². The predicted octanol–water partition coefficient (Wildman–Crippen LogP) is 2.17. The topological polar surface area (TPSA) is 41.1 Å². The molecule has 78 valence electrons. The number of nitrogens with one attached hydrogen (secondary N) is 2. The number of benzene rings is 1. The lowest BCUT2D eigenvalue weighted by Gasteiger charge is -2.18. The molecule has 1 heterocycles. The highest BCUT2D eigenvalue weighted by molar-refractivity contribution is 5.99. The van der Waals surface area contributed by atoms with E-state index >= 15 is 0 Å². The first kappa shape index (κ1) is 9.77. The van der Waals surface area contributed by atoms with Crippen molar-refractivity contribution < 1.29 is 4.79 Å². The summed E-state index contributed by atoms with van der Waals surface area (Å²) in [7, 11) is 0. The van der Waals surface area contributed by atoms with E-state index in [9.17, 15) is 4.79 Å². The molecule has 0 saturated heterocycles. The quantitative estimate of drug-likeness (QED) is 0.722. The maximum atomic E-state index is 11.1. The summed E-state index contributed by atoms with van der Waals surface area (Å²) >= 11 is 0. The first-order valence-electron chi connectivity index (χ1n) is 5.10. The molecule has 1 aromatic rings. The zero-order chi connectivity index (χ0) is 10.7. The third kappa shape index (κ3) is 2.18. The van der Waals surface area contributed by atoms with E-state index in [-0.39, 0.29) is 5.91 Å². The molecule has 0 saturated carbocycles. The Morgan fingerprint density at radius 3 is 3.20 bits per heavy atom. The number of rotatable bonds is 2. The molecule has 0 fully saturated rings. The average molecular weight is 202 g/mol. The van der Waals surface area contributed by atoms with Gasteiger partial charge in [0.25, 0.3) is 0 Å². The number of aryl methyl sites for hydroxylation is 1. The third-order valence-electron chi connectivity index (χ3n) is 2.50. The van der Waals surface area contributed by atoms with E-state index in [4.69, 9.17) is 0 Å². The van der Waals surface area contributed by atoms with Crippen molar-refractivity contribution in [1.29, 1.82) is 0 Å². The van der Waals surface area contributed by atoms with Crippen LogP contribution >= 0.6 is 0 Å². The first-order chi connectivity index (χ1) is 7.29. The first-order valence-corrected chi connectivity index (χ1v) is 5.10. The Balaban J connectivity index is 2.20. The standard InChI is InChI=1S/C12H14N2O/c1-2-12(15)14-10-6-5-9-4-3-7-13-11(9)8-10/h2,5-6,8,13H,1,3-4,7H2,(H,14,15). The summed E-state index contributed by atoms with van der Waals surface area (Å²) < 4.78 is 0. The van der Waals surface area contributed by atoms with Gasteiger partial charge in [-0.05, 0) is 36.6 Å². The molecule has 2 rings (SSSR count). The predicted molar refractivity (Wildman–Crippen MR) is 62.1 cm³/mol. The number of hydrogen-bond acceptors (Lipinski definition) is 2. The van der Waals surface area contributed by atoms with Crippen LogP contribution in [0.5, 0.6) is 0 Å². The number of hydrogen-bond donors (Lipinski definition) is 2. The molecule has 0 aliphatic carbocycles. The summed E-state index contributed by atoms with van der Waals surface area (Å²) in [6.07, 6.45) is 3.55. The van der Waals surface area contributed by atoms with E-state index < -0.39 is 0 Å². The van der Waals surface area contributed by atoms with Gasteiger partial charge >= 0.3 is 0 Å². The van der Waals surface area contributed by atoms with Crippen molar-refractivity contribution in [3.05, 3.63) is 36.4 Å². The lowest BCUT2D eigenvalue weighted by atomic mass is 10.0. The molecule has 3 nitrogen and oxygen atoms in total. The van der Waals surface area contributed by atoms with Crippen LogP contribution in [0.15, 0.2) is 30.9 Å². The van der Waals surface area contributed by atoms with Gasteiger partial charge in [-0.25, -0.2) is 0 Å². The molecule has 3 heteroatoms. The smallest absolute Gasteiger partial charge is 0.247 e. The van der Waals surface area contributed by atoms with Crippen molar-refractivity contribution in [1.82, 2.24) is 0 Å². The molecule has 1 amide bonds. The molecule has 2 N–H and O–H groups in total. The van der Waals surface area contributed by atoms with Gasteiger partial charge in [-0.3, -0.25) is 4.79 Å². The van der Waals surface area contributed by atoms with E-state index in [2.05, 4.69) is 23.3 Å². The van der Waals surface area contributed by atoms with Gasteiger partial charge in [-0.2, -0.15) is 0 Å². The van der Waals surface area contributed by atoms with Gasteiger partial charge in [0.05, 0.1) is 0 Å². The van der Waals surface area contributed by atoms with Gasteiger partial charge in [0, 0.05) is 17.9 Å². The molecule has 1 aliphatic rings. The second kappa shape index (κ2) is 4.17. The average Bonchev–Trinajstić information content (AvgIpc) is 2.29. The molecule has 0 bridgehead atoms. The van der Waals surface area contributed by atoms with E-state index in [1.165, 1.54) is 18.1 Å². The van der Waals surface area contributed by atoms with Crippen LogP contribution in [-0.2, 0) is 11.2 Å². The minimum absolute atomic E-state index is 0.175. The van der Waals surface area contributed by atoms with Crippen LogP contribution in [0.3, 0.4) is 0 Å². The molecular weight excluding hydrogens is 188 g/mol. The van der Waals surface area contributed by atoms with E-state index in [1.807, 2.05) is 12.1 Å². The summed E-state index contributed by atoms with van der Waals surface area (Å²) in [5, 5.41) is 6.06. The minimum atomic E-state index is -0.175. The molecule has 0 spiro atoms. The normalized spacial score (nSPS) is 13.6. The minimum Gasteiger partial charge on any atom is -0.385 e. The van der Waals surface area contributed by atoms with Crippen molar-refractivity contribution in [3.8, 4) is 0 Å². The zero-order valence-electron chi connectivity index (χ0n) is 8.55. The van der Waals surface area contributed by atoms with Crippen LogP contribution in [0.4, 0.5) is 11.4 Å². The van der Waals surface area contributed by atoms with Gasteiger partial charge in [-0.15, -0.1) is 0 Å². The summed E-state index contributed by atoms with van der Waals surface area (Å²) in [6, 6.07) is 5.95. The molecule has 0 radical (unpaired) electrons. The van der Waals surface area contributed by atoms with Gasteiger partial charge in [0.1, 0.15) is 0 Å². The molecule has 1 aliphatic heterocycles. The summed E-state index contributed by atoms with van der Waals surface area (Å²) in [5.41, 5.74) is 3.26. The number of carbonyl (C=O) groups is 1. The Kier molecular flexibility index (Phi) is 2.72. The Morgan fingerprint density at radius 2 is 2.40 bits per heavy atom. The molecule has 0 aromatic heterocycles. The van der Waals surface area contributed by atoms with E-state index in [0.29, 0.717) is 0 Å². The van der Waals surface area contributed by atoms with Gasteiger partial charge in [0.15, 0.2) is 0 Å². The molecule has 15 heavy (non-hydrogen) atoms. The van der Waals surface area contributed by atoms with Crippen molar-refractivity contribution in [3.63, 3.8) is 0 Å². The lowest BCUT2D eigenvalue weighted by Crippen LogP contribution is -2.13. The summed E-state index contributed by atoms with van der Waals surface area (Å²) in [6.45, 7) is 4.42. The third-order valence-corrected chi connectivity index (χ3v) is 2.50. The van der Waals surface area contributed by atoms with Crippen LogP contribution < -0.4 is 10.6 Å². The van der Waals surface area contributed by atoms with Crippen LogP contribution in [0.1, 0.15) is 12.0 Å². The molecule has 0 unspecified atom stereocenters. The summed E-state index contributed by atoms with van der Waals surface area (Å²) in [4.78, 5) is 11.1. The van der Waals surface area contributed by atoms with Gasteiger partial charge < -0.3 is 10.6 Å². The largest absolute Gasteiger partial charge is 0.385 e. The second-order valence-electron chi connectivity index (χ2n) is 3.60. The number of amides is 1. The van der Waals surface area contributed by atoms with Crippen LogP contribution in [0.25, 0.3) is 0 Å². The highest BCUT2D eigenvalue weighted by Gasteiger charge is 2.08. The zero-order valence-corrected chi connectivity index (χ0v) is 8.55. The van der Waals surface area contributed by atoms with E-state index in [0.717, 1.165) is 24.3 Å². The Bertz CT molecular complexity index is 399. The molecule has 0 atom stereocenters. The number of fused-ring (bicyclic) bond motifs is 1. The fourth-order valence-electron chi connectivity index (χ4n) is 1.73. The number of carbonyl (C=O) groups excluding carboxylic acids is 1. The Hall–Kier alpha value is -1.77. The second-order valence-corrected chi connectivity index (χ2v) is 3.60. The Labute approximate surface area is 89.2 Å². The highest BCUT2D eigenvalue weighted by atomic mass is 16.1. The van der Waals surface area contributed by atoms with Crippen LogP contribution in [-0.4, -0.2) is 12.5 Å². The monoisotopic (exact) mass is 202 g/mol. The van der Waals surface area contributed by atoms with Gasteiger partial charge in [-0.1, -0.05) is 12.6 Å². The fraction of sp³-hybridized carbons (Fsp3) is 0.250.